The van der Waals surface area contributed by atoms with Crippen molar-refractivity contribution >= 4 is 38.9 Å². The highest BCUT2D eigenvalue weighted by molar-refractivity contribution is 7.92. The number of halogens is 1. The van der Waals surface area contributed by atoms with Crippen LogP contribution >= 0.6 is 11.6 Å². The molecule has 0 fully saturated rings. The summed E-state index contributed by atoms with van der Waals surface area (Å²) in [5, 5.41) is 4.49. The number of sulfonamides is 1. The zero-order valence-electron chi connectivity index (χ0n) is 17.6. The van der Waals surface area contributed by atoms with Crippen LogP contribution in [-0.4, -0.2) is 26.6 Å². The predicted molar refractivity (Wildman–Crippen MR) is 128 cm³/mol. The number of nitrogens with one attached hydrogen (secondary N) is 1. The number of hydrogen-bond donors (Lipinski definition) is 1. The highest BCUT2D eigenvalue weighted by Crippen LogP contribution is 2.25. The average Bonchev–Trinajstić information content (AvgIpc) is 2.81. The van der Waals surface area contributed by atoms with Crippen molar-refractivity contribution in [3.63, 3.8) is 0 Å². The molecule has 0 aliphatic rings. The number of aryl methyl sites for hydroxylation is 1. The molecule has 32 heavy (non-hydrogen) atoms. The van der Waals surface area contributed by atoms with E-state index in [4.69, 9.17) is 11.6 Å². The smallest absolute Gasteiger partial charge is 0.264 e. The quantitative estimate of drug-likeness (QED) is 0.365. The summed E-state index contributed by atoms with van der Waals surface area (Å²) in [6.07, 6.45) is 1.47. The van der Waals surface area contributed by atoms with Crippen molar-refractivity contribution in [2.75, 3.05) is 10.8 Å². The summed E-state index contributed by atoms with van der Waals surface area (Å²) in [5.41, 5.74) is 4.67. The van der Waals surface area contributed by atoms with Gasteiger partial charge in [0.05, 0.1) is 10.6 Å². The molecule has 0 unspecified atom stereocenters. The second-order valence-electron chi connectivity index (χ2n) is 7.17. The summed E-state index contributed by atoms with van der Waals surface area (Å²) in [7, 11) is -3.99. The molecule has 6 nitrogen and oxygen atoms in total. The van der Waals surface area contributed by atoms with Crippen LogP contribution < -0.4 is 9.73 Å². The van der Waals surface area contributed by atoms with E-state index in [-0.39, 0.29) is 4.90 Å². The second kappa shape index (κ2) is 10.9. The Labute approximate surface area is 193 Å². The van der Waals surface area contributed by atoms with E-state index in [0.29, 0.717) is 17.1 Å². The minimum Gasteiger partial charge on any atom is -0.271 e. The van der Waals surface area contributed by atoms with Gasteiger partial charge >= 0.3 is 0 Å². The molecule has 0 spiro atoms. The van der Waals surface area contributed by atoms with Gasteiger partial charge in [-0.15, -0.1) is 0 Å². The third-order valence-electron chi connectivity index (χ3n) is 4.70. The van der Waals surface area contributed by atoms with Crippen LogP contribution in [0.15, 0.2) is 94.9 Å². The largest absolute Gasteiger partial charge is 0.271 e. The van der Waals surface area contributed by atoms with Gasteiger partial charge in [0.15, 0.2) is 0 Å². The molecular formula is C24H24ClN3O3S. The van der Waals surface area contributed by atoms with E-state index in [1.54, 1.807) is 36.4 Å². The first-order valence-electron chi connectivity index (χ1n) is 10.1. The third kappa shape index (κ3) is 6.42. The molecule has 1 amide bonds. The number of carbonyl (C=O) groups excluding carboxylic acids is 1. The molecule has 3 aromatic carbocycles. The molecule has 0 saturated carbocycles. The highest BCUT2D eigenvalue weighted by Gasteiger charge is 2.27. The summed E-state index contributed by atoms with van der Waals surface area (Å²) in [6.45, 7) is 1.38. The minimum atomic E-state index is -3.99. The molecule has 0 aliphatic heterocycles. The molecule has 3 aromatic rings. The third-order valence-corrected chi connectivity index (χ3v) is 6.73. The Morgan fingerprint density at radius 3 is 2.28 bits per heavy atom. The summed E-state index contributed by atoms with van der Waals surface area (Å²) < 4.78 is 27.5. The van der Waals surface area contributed by atoms with Gasteiger partial charge in [0, 0.05) is 10.7 Å². The van der Waals surface area contributed by atoms with E-state index in [1.165, 1.54) is 23.8 Å². The molecule has 0 saturated heterocycles. The maximum Gasteiger partial charge on any atom is 0.264 e. The van der Waals surface area contributed by atoms with E-state index >= 15 is 0 Å². The molecule has 3 rings (SSSR count). The minimum absolute atomic E-state index is 0.0790. The normalized spacial score (nSPS) is 11.8. The number of anilines is 1. The number of nitrogens with zero attached hydrogens (tertiary/aromatic N) is 2. The monoisotopic (exact) mass is 469 g/mol. The molecule has 8 heteroatoms. The molecule has 0 aliphatic carbocycles. The lowest BCUT2D eigenvalue weighted by Gasteiger charge is -2.23. The van der Waals surface area contributed by atoms with Gasteiger partial charge in [0.25, 0.3) is 15.9 Å². The second-order valence-corrected chi connectivity index (χ2v) is 9.47. The van der Waals surface area contributed by atoms with E-state index in [2.05, 4.69) is 10.5 Å². The van der Waals surface area contributed by atoms with Gasteiger partial charge in [0.1, 0.15) is 6.54 Å². The maximum atomic E-state index is 13.2. The van der Waals surface area contributed by atoms with Crippen molar-refractivity contribution in [2.24, 2.45) is 5.10 Å². The number of rotatable bonds is 9. The molecule has 1 N–H and O–H groups in total. The van der Waals surface area contributed by atoms with Crippen molar-refractivity contribution in [3.05, 3.63) is 95.5 Å². The van der Waals surface area contributed by atoms with Crippen LogP contribution in [0.5, 0.6) is 0 Å². The SMILES string of the molecule is C/C(CCc1ccccc1)=N\NC(=O)CN(c1cccc(Cl)c1)S(=O)(=O)c1ccccc1. The fourth-order valence-corrected chi connectivity index (χ4v) is 4.63. The molecular weight excluding hydrogens is 446 g/mol. The lowest BCUT2D eigenvalue weighted by Crippen LogP contribution is -2.39. The van der Waals surface area contributed by atoms with Crippen LogP contribution in [0.2, 0.25) is 5.02 Å². The Bertz CT molecular complexity index is 1180. The Kier molecular flexibility index (Phi) is 8.03. The Hall–Kier alpha value is -3.16. The van der Waals surface area contributed by atoms with Crippen LogP contribution in [0.3, 0.4) is 0 Å². The summed E-state index contributed by atoms with van der Waals surface area (Å²) in [4.78, 5) is 12.7. The summed E-state index contributed by atoms with van der Waals surface area (Å²) >= 11 is 6.07. The van der Waals surface area contributed by atoms with E-state index in [0.717, 1.165) is 16.4 Å². The van der Waals surface area contributed by atoms with Crippen LogP contribution in [0.4, 0.5) is 5.69 Å². The van der Waals surface area contributed by atoms with Crippen molar-refractivity contribution in [2.45, 2.75) is 24.7 Å². The topological polar surface area (TPSA) is 78.8 Å². The van der Waals surface area contributed by atoms with Gasteiger partial charge in [-0.05, 0) is 55.7 Å². The van der Waals surface area contributed by atoms with Crippen LogP contribution in [0, 0.1) is 0 Å². The molecule has 166 valence electrons. The summed E-state index contributed by atoms with van der Waals surface area (Å²) in [5.74, 6) is -0.552. The number of hydrogen-bond acceptors (Lipinski definition) is 4. The molecule has 0 bridgehead atoms. The van der Waals surface area contributed by atoms with E-state index < -0.39 is 22.5 Å². The van der Waals surface area contributed by atoms with E-state index in [9.17, 15) is 13.2 Å². The van der Waals surface area contributed by atoms with E-state index in [1.807, 2.05) is 37.3 Å². The van der Waals surface area contributed by atoms with Crippen LogP contribution in [0.25, 0.3) is 0 Å². The highest BCUT2D eigenvalue weighted by atomic mass is 35.5. The zero-order valence-corrected chi connectivity index (χ0v) is 19.2. The number of hydrazone groups is 1. The number of benzene rings is 3. The first-order valence-corrected chi connectivity index (χ1v) is 11.9. The van der Waals surface area contributed by atoms with Crippen molar-refractivity contribution < 1.29 is 13.2 Å². The lowest BCUT2D eigenvalue weighted by atomic mass is 10.1. The number of carbonyl (C=O) groups is 1. The Balaban J connectivity index is 1.74. The van der Waals surface area contributed by atoms with Crippen molar-refractivity contribution in [1.82, 2.24) is 5.43 Å². The first kappa shape index (κ1) is 23.5. The predicted octanol–water partition coefficient (Wildman–Crippen LogP) is 4.66. The van der Waals surface area contributed by atoms with Gasteiger partial charge in [-0.1, -0.05) is 66.2 Å². The van der Waals surface area contributed by atoms with Crippen LogP contribution in [0.1, 0.15) is 18.9 Å². The number of amides is 1. The van der Waals surface area contributed by atoms with Gasteiger partial charge in [-0.2, -0.15) is 5.10 Å². The Morgan fingerprint density at radius 2 is 1.62 bits per heavy atom. The lowest BCUT2D eigenvalue weighted by molar-refractivity contribution is -0.119. The van der Waals surface area contributed by atoms with Gasteiger partial charge in [0.2, 0.25) is 0 Å². The molecule has 0 aromatic heterocycles. The van der Waals surface area contributed by atoms with Gasteiger partial charge in [-0.3, -0.25) is 9.10 Å². The van der Waals surface area contributed by atoms with Crippen molar-refractivity contribution in [3.8, 4) is 0 Å². The molecule has 0 heterocycles. The zero-order chi connectivity index (χ0) is 23.0. The molecule has 0 atom stereocenters. The van der Waals surface area contributed by atoms with Gasteiger partial charge in [-0.25, -0.2) is 13.8 Å². The maximum absolute atomic E-state index is 13.2. The first-order chi connectivity index (χ1) is 15.4. The molecule has 0 radical (unpaired) electrons. The average molecular weight is 470 g/mol. The van der Waals surface area contributed by atoms with Gasteiger partial charge < -0.3 is 0 Å². The van der Waals surface area contributed by atoms with Crippen molar-refractivity contribution in [1.29, 1.82) is 0 Å². The van der Waals surface area contributed by atoms with Crippen LogP contribution in [-0.2, 0) is 21.2 Å². The summed E-state index contributed by atoms with van der Waals surface area (Å²) in [6, 6.07) is 24.3. The standard InChI is InChI=1S/C24H24ClN3O3S/c1-19(15-16-20-9-4-2-5-10-20)26-27-24(29)18-28(22-12-8-11-21(25)17-22)32(30,31)23-13-6-3-7-14-23/h2-14,17H,15-16,18H2,1H3,(H,27,29)/b26-19+. The fourth-order valence-electron chi connectivity index (χ4n) is 3.02. The fraction of sp³-hybridized carbons (Fsp3) is 0.167. The Morgan fingerprint density at radius 1 is 0.969 bits per heavy atom.